The minimum absolute atomic E-state index is 0.558. The van der Waals surface area contributed by atoms with Gasteiger partial charge in [-0.1, -0.05) is 157 Å². The van der Waals surface area contributed by atoms with Gasteiger partial charge in [0.2, 0.25) is 0 Å². The Labute approximate surface area is 449 Å². The van der Waals surface area contributed by atoms with Gasteiger partial charge < -0.3 is 28.1 Å². The summed E-state index contributed by atoms with van der Waals surface area (Å²) < 4.78 is 19.4. The van der Waals surface area contributed by atoms with E-state index in [1.807, 2.05) is 12.1 Å². The highest BCUT2D eigenvalue weighted by atomic mass is 35.5. The second-order valence-corrected chi connectivity index (χ2v) is 19.9. The minimum atomic E-state index is 0.558. The molecule has 0 amide bonds. The molecule has 0 saturated carbocycles. The predicted molar refractivity (Wildman–Crippen MR) is 318 cm³/mol. The normalized spacial score (nSPS) is 11.7. The van der Waals surface area contributed by atoms with E-state index in [2.05, 4.69) is 249 Å². The summed E-state index contributed by atoms with van der Waals surface area (Å²) >= 11 is 14.8. The van der Waals surface area contributed by atoms with Crippen molar-refractivity contribution < 1.29 is 9.47 Å². The molecule has 0 fully saturated rings. The van der Waals surface area contributed by atoms with Gasteiger partial charge in [0, 0.05) is 43.7 Å². The standard InChI is InChI=1S/C68H46Cl2N4O2/c1-75-67-41-45(46-30-38-66(68(42-46)76-2)74-61-25-13-7-19-53(61)54-20-8-14-26-62(54)74)29-37-65(67)72(48-33-31-47(32-34-48)71-57-21-9-3-15-49(57)50-16-4-10-22-58(50)71)63-35-27-43(39-55(63)69)44-28-36-64(56(70)40-44)73-59-23-11-5-17-51(59)52-18-6-12-24-60(52)73/h3-42H,1-2H3. The molecule has 364 valence electrons. The third kappa shape index (κ3) is 7.25. The van der Waals surface area contributed by atoms with E-state index in [4.69, 9.17) is 32.7 Å². The largest absolute Gasteiger partial charge is 0.495 e. The average Bonchev–Trinajstić information content (AvgIpc) is 4.21. The zero-order valence-electron chi connectivity index (χ0n) is 41.5. The molecule has 76 heavy (non-hydrogen) atoms. The summed E-state index contributed by atoms with van der Waals surface area (Å²) in [5.41, 5.74) is 16.0. The molecule has 3 heterocycles. The lowest BCUT2D eigenvalue weighted by molar-refractivity contribution is 0.413. The maximum absolute atomic E-state index is 7.55. The molecule has 0 bridgehead atoms. The number of anilines is 3. The molecule has 0 aliphatic heterocycles. The fourth-order valence-electron chi connectivity index (χ4n) is 11.5. The molecular weight excluding hydrogens is 976 g/mol. The van der Waals surface area contributed by atoms with Crippen molar-refractivity contribution >= 4 is 106 Å². The highest BCUT2D eigenvalue weighted by Gasteiger charge is 2.23. The van der Waals surface area contributed by atoms with Crippen LogP contribution in [-0.4, -0.2) is 27.9 Å². The van der Waals surface area contributed by atoms with E-state index < -0.39 is 0 Å². The summed E-state index contributed by atoms with van der Waals surface area (Å²) in [4.78, 5) is 2.18. The first-order chi connectivity index (χ1) is 37.4. The van der Waals surface area contributed by atoms with Crippen LogP contribution in [0.4, 0.5) is 17.1 Å². The van der Waals surface area contributed by atoms with Crippen LogP contribution in [0.3, 0.4) is 0 Å². The van der Waals surface area contributed by atoms with Crippen LogP contribution in [0.2, 0.25) is 10.0 Å². The van der Waals surface area contributed by atoms with Gasteiger partial charge in [-0.15, -0.1) is 0 Å². The van der Waals surface area contributed by atoms with Crippen LogP contribution in [0.25, 0.3) is 105 Å². The van der Waals surface area contributed by atoms with E-state index in [1.165, 1.54) is 32.3 Å². The Bertz CT molecular complexity index is 4450. The van der Waals surface area contributed by atoms with Gasteiger partial charge in [0.1, 0.15) is 11.5 Å². The lowest BCUT2D eigenvalue weighted by atomic mass is 10.0. The molecule has 6 nitrogen and oxygen atoms in total. The molecule has 0 aliphatic rings. The van der Waals surface area contributed by atoms with E-state index in [9.17, 15) is 0 Å². The predicted octanol–water partition coefficient (Wildman–Crippen LogP) is 19.1. The fraction of sp³-hybridized carbons (Fsp3) is 0.0294. The number of aromatic nitrogens is 3. The highest BCUT2D eigenvalue weighted by Crippen LogP contribution is 2.47. The molecule has 0 aliphatic carbocycles. The Kier molecular flexibility index (Phi) is 10.9. The topological polar surface area (TPSA) is 36.5 Å². The van der Waals surface area contributed by atoms with Crippen LogP contribution < -0.4 is 14.4 Å². The Balaban J connectivity index is 0.870. The molecule has 14 rings (SSSR count). The first kappa shape index (κ1) is 45.4. The van der Waals surface area contributed by atoms with Crippen molar-refractivity contribution in [3.05, 3.63) is 253 Å². The number of benzene rings is 11. The quantitative estimate of drug-likeness (QED) is 0.137. The maximum atomic E-state index is 7.55. The number of fused-ring (bicyclic) bond motifs is 9. The summed E-state index contributed by atoms with van der Waals surface area (Å²) in [6.07, 6.45) is 0. The lowest BCUT2D eigenvalue weighted by Crippen LogP contribution is -2.12. The van der Waals surface area contributed by atoms with Crippen molar-refractivity contribution in [2.45, 2.75) is 0 Å². The van der Waals surface area contributed by atoms with Gasteiger partial charge in [-0.05, 0) is 131 Å². The van der Waals surface area contributed by atoms with Crippen LogP contribution in [0.5, 0.6) is 11.5 Å². The van der Waals surface area contributed by atoms with Gasteiger partial charge in [-0.25, -0.2) is 0 Å². The van der Waals surface area contributed by atoms with Gasteiger partial charge in [0.15, 0.2) is 0 Å². The van der Waals surface area contributed by atoms with Crippen LogP contribution in [-0.2, 0) is 0 Å². The highest BCUT2D eigenvalue weighted by molar-refractivity contribution is 6.34. The van der Waals surface area contributed by atoms with Gasteiger partial charge in [0.05, 0.1) is 80.1 Å². The van der Waals surface area contributed by atoms with Crippen LogP contribution in [0.1, 0.15) is 0 Å². The lowest BCUT2D eigenvalue weighted by Gasteiger charge is -2.29. The van der Waals surface area contributed by atoms with Crippen molar-refractivity contribution in [3.8, 4) is 50.8 Å². The fourth-order valence-corrected chi connectivity index (χ4v) is 12.1. The van der Waals surface area contributed by atoms with Crippen LogP contribution in [0, 0.1) is 0 Å². The van der Waals surface area contributed by atoms with Crippen molar-refractivity contribution in [1.82, 2.24) is 13.7 Å². The Morgan fingerprint density at radius 1 is 0.316 bits per heavy atom. The van der Waals surface area contributed by atoms with Crippen molar-refractivity contribution in [2.75, 3.05) is 19.1 Å². The monoisotopic (exact) mass is 1020 g/mol. The number of hydrogen-bond acceptors (Lipinski definition) is 3. The number of hydrogen-bond donors (Lipinski definition) is 0. The number of ether oxygens (including phenoxy) is 2. The summed E-state index contributed by atoms with van der Waals surface area (Å²) in [5, 5.41) is 8.37. The molecule has 8 heteroatoms. The summed E-state index contributed by atoms with van der Waals surface area (Å²) in [7, 11) is 3.45. The molecular formula is C68H46Cl2N4O2. The molecule has 0 atom stereocenters. The van der Waals surface area contributed by atoms with Crippen molar-refractivity contribution in [2.24, 2.45) is 0 Å². The molecule has 0 radical (unpaired) electrons. The third-order valence-corrected chi connectivity index (χ3v) is 15.6. The zero-order chi connectivity index (χ0) is 51.0. The number of halogens is 2. The molecule has 0 unspecified atom stereocenters. The van der Waals surface area contributed by atoms with E-state index in [0.717, 1.165) is 95.2 Å². The SMILES string of the molecule is COc1cc(-c2ccc(-n3c4ccccc4c4ccccc43)c(OC)c2)ccc1N(c1ccc(-n2c3ccccc3c3ccccc32)cc1)c1ccc(-c2ccc(-n3c4ccccc4c4ccccc43)c(Cl)c2)cc1Cl. The number of para-hydroxylation sites is 6. The second kappa shape index (κ2) is 18.3. The van der Waals surface area contributed by atoms with Gasteiger partial charge in [-0.3, -0.25) is 0 Å². The number of methoxy groups -OCH3 is 2. The molecule has 0 spiro atoms. The van der Waals surface area contributed by atoms with Gasteiger partial charge in [-0.2, -0.15) is 0 Å². The average molecular weight is 1020 g/mol. The van der Waals surface area contributed by atoms with E-state index in [0.29, 0.717) is 15.8 Å². The van der Waals surface area contributed by atoms with Gasteiger partial charge in [0.25, 0.3) is 0 Å². The Hall–Kier alpha value is -9.20. The molecule has 3 aromatic heterocycles. The second-order valence-electron chi connectivity index (χ2n) is 19.1. The molecule has 11 aromatic carbocycles. The van der Waals surface area contributed by atoms with Crippen LogP contribution >= 0.6 is 23.2 Å². The van der Waals surface area contributed by atoms with Crippen molar-refractivity contribution in [1.29, 1.82) is 0 Å². The zero-order valence-corrected chi connectivity index (χ0v) is 43.0. The molecule has 0 N–H and O–H groups in total. The Morgan fingerprint density at radius 3 is 1.11 bits per heavy atom. The summed E-state index contributed by atoms with van der Waals surface area (Å²) in [5.74, 6) is 1.42. The first-order valence-corrected chi connectivity index (χ1v) is 26.0. The molecule has 14 aromatic rings. The van der Waals surface area contributed by atoms with Gasteiger partial charge >= 0.3 is 0 Å². The smallest absolute Gasteiger partial charge is 0.143 e. The minimum Gasteiger partial charge on any atom is -0.495 e. The number of nitrogens with zero attached hydrogens (tertiary/aromatic N) is 4. The van der Waals surface area contributed by atoms with E-state index in [1.54, 1.807) is 14.2 Å². The summed E-state index contributed by atoms with van der Waals surface area (Å²) in [6, 6.07) is 84.9. The maximum Gasteiger partial charge on any atom is 0.143 e. The van der Waals surface area contributed by atoms with Crippen molar-refractivity contribution in [3.63, 3.8) is 0 Å². The number of rotatable bonds is 10. The molecule has 0 saturated heterocycles. The Morgan fingerprint density at radius 2 is 0.671 bits per heavy atom. The van der Waals surface area contributed by atoms with E-state index in [-0.39, 0.29) is 0 Å². The summed E-state index contributed by atoms with van der Waals surface area (Å²) in [6.45, 7) is 0. The van der Waals surface area contributed by atoms with E-state index >= 15 is 0 Å². The van der Waals surface area contributed by atoms with Crippen LogP contribution in [0.15, 0.2) is 243 Å². The first-order valence-electron chi connectivity index (χ1n) is 25.3. The third-order valence-electron chi connectivity index (χ3n) is 15.0.